The quantitative estimate of drug-likeness (QED) is 0.907. The Hall–Kier alpha value is -2.37. The van der Waals surface area contributed by atoms with E-state index in [1.165, 1.54) is 42.6 Å². The van der Waals surface area contributed by atoms with Crippen LogP contribution >= 0.6 is 0 Å². The van der Waals surface area contributed by atoms with E-state index in [4.69, 9.17) is 0 Å². The highest BCUT2D eigenvalue weighted by molar-refractivity contribution is 5.99. The molecule has 5 rings (SSSR count). The molecular formula is C21H27N5O. The molecule has 4 heterocycles. The number of fused-ring (bicyclic) bond motifs is 1. The lowest BCUT2D eigenvalue weighted by molar-refractivity contribution is 0.0793. The fourth-order valence-electron chi connectivity index (χ4n) is 4.94. The summed E-state index contributed by atoms with van der Waals surface area (Å²) in [7, 11) is 0. The van der Waals surface area contributed by atoms with E-state index in [-0.39, 0.29) is 5.91 Å². The number of rotatable bonds is 3. The molecule has 6 heteroatoms. The van der Waals surface area contributed by atoms with Gasteiger partial charge in [-0.25, -0.2) is 4.98 Å². The average molecular weight is 365 g/mol. The second kappa shape index (κ2) is 6.98. The molecule has 1 saturated heterocycles. The highest BCUT2D eigenvalue weighted by atomic mass is 16.2. The molecule has 0 unspecified atom stereocenters. The van der Waals surface area contributed by atoms with E-state index in [1.54, 1.807) is 6.20 Å². The molecule has 27 heavy (non-hydrogen) atoms. The van der Waals surface area contributed by atoms with Crippen LogP contribution in [0.15, 0.2) is 18.3 Å². The molecule has 3 aliphatic rings. The Kier molecular flexibility index (Phi) is 4.34. The van der Waals surface area contributed by atoms with Crippen molar-refractivity contribution in [3.63, 3.8) is 0 Å². The molecule has 142 valence electrons. The minimum atomic E-state index is 0.129. The van der Waals surface area contributed by atoms with Crippen LogP contribution in [0.1, 0.15) is 71.8 Å². The summed E-state index contributed by atoms with van der Waals surface area (Å²) in [5.41, 5.74) is 4.62. The van der Waals surface area contributed by atoms with Gasteiger partial charge in [0, 0.05) is 56.0 Å². The topological polar surface area (TPSA) is 65.1 Å². The van der Waals surface area contributed by atoms with Gasteiger partial charge < -0.3 is 9.80 Å². The number of nitrogens with zero attached hydrogens (tertiary/aromatic N) is 4. The van der Waals surface area contributed by atoms with E-state index in [1.807, 2.05) is 17.0 Å². The lowest BCUT2D eigenvalue weighted by atomic mass is 9.95. The zero-order valence-electron chi connectivity index (χ0n) is 15.8. The maximum absolute atomic E-state index is 13.0. The summed E-state index contributed by atoms with van der Waals surface area (Å²) in [5.74, 6) is 1.56. The predicted molar refractivity (Wildman–Crippen MR) is 104 cm³/mol. The fourth-order valence-corrected chi connectivity index (χ4v) is 4.94. The van der Waals surface area contributed by atoms with Crippen LogP contribution in [0.4, 0.5) is 5.82 Å². The second-order valence-corrected chi connectivity index (χ2v) is 8.09. The lowest BCUT2D eigenvalue weighted by Crippen LogP contribution is -2.35. The lowest BCUT2D eigenvalue weighted by Gasteiger charge is -2.30. The van der Waals surface area contributed by atoms with Crippen LogP contribution in [0.25, 0.3) is 0 Å². The third-order valence-electron chi connectivity index (χ3n) is 6.42. The van der Waals surface area contributed by atoms with Crippen LogP contribution in [-0.2, 0) is 13.0 Å². The molecule has 0 bridgehead atoms. The fraction of sp³-hybridized carbons (Fsp3) is 0.571. The number of carbonyl (C=O) groups excluding carboxylic acids is 1. The zero-order chi connectivity index (χ0) is 18.2. The predicted octanol–water partition coefficient (Wildman–Crippen LogP) is 3.26. The molecule has 0 spiro atoms. The van der Waals surface area contributed by atoms with Crippen LogP contribution in [0.3, 0.4) is 0 Å². The Balaban J connectivity index is 1.44. The van der Waals surface area contributed by atoms with Crippen LogP contribution in [-0.4, -0.2) is 45.6 Å². The van der Waals surface area contributed by atoms with E-state index in [9.17, 15) is 4.79 Å². The number of hydrogen-bond donors (Lipinski definition) is 1. The van der Waals surface area contributed by atoms with Crippen molar-refractivity contribution in [3.8, 4) is 0 Å². The van der Waals surface area contributed by atoms with Crippen molar-refractivity contribution in [1.82, 2.24) is 20.1 Å². The van der Waals surface area contributed by atoms with Gasteiger partial charge >= 0.3 is 0 Å². The molecule has 2 aromatic rings. The van der Waals surface area contributed by atoms with E-state index in [0.29, 0.717) is 5.92 Å². The normalized spacial score (nSPS) is 20.3. The van der Waals surface area contributed by atoms with Gasteiger partial charge in [-0.15, -0.1) is 0 Å². The monoisotopic (exact) mass is 365 g/mol. The van der Waals surface area contributed by atoms with Crippen LogP contribution in [0.2, 0.25) is 0 Å². The minimum absolute atomic E-state index is 0.129. The summed E-state index contributed by atoms with van der Waals surface area (Å²) < 4.78 is 0. The number of carbonyl (C=O) groups is 1. The molecule has 2 fully saturated rings. The highest BCUT2D eigenvalue weighted by Gasteiger charge is 2.31. The van der Waals surface area contributed by atoms with Gasteiger partial charge in [-0.3, -0.25) is 9.89 Å². The van der Waals surface area contributed by atoms with Crippen LogP contribution < -0.4 is 4.90 Å². The number of H-pyrrole nitrogens is 1. The maximum Gasteiger partial charge on any atom is 0.257 e. The first-order valence-electron chi connectivity index (χ1n) is 10.4. The van der Waals surface area contributed by atoms with Gasteiger partial charge in [0.15, 0.2) is 0 Å². The molecule has 0 radical (unpaired) electrons. The summed E-state index contributed by atoms with van der Waals surface area (Å²) in [6.45, 7) is 3.40. The molecule has 6 nitrogen and oxygen atoms in total. The van der Waals surface area contributed by atoms with Gasteiger partial charge in [-0.05, 0) is 37.8 Å². The SMILES string of the molecule is O=C(c1cccnc1N1CCc2[nH]nc(C3CCCC3)c2C1)N1CCCC1. The third-order valence-corrected chi connectivity index (χ3v) is 6.42. The number of likely N-dealkylation sites (tertiary alicyclic amines) is 1. The van der Waals surface area contributed by atoms with E-state index >= 15 is 0 Å². The smallest absolute Gasteiger partial charge is 0.257 e. The molecule has 0 atom stereocenters. The molecule has 1 N–H and O–H groups in total. The van der Waals surface area contributed by atoms with Crippen molar-refractivity contribution in [2.24, 2.45) is 0 Å². The van der Waals surface area contributed by atoms with Crippen molar-refractivity contribution in [3.05, 3.63) is 40.8 Å². The van der Waals surface area contributed by atoms with Crippen molar-refractivity contribution in [1.29, 1.82) is 0 Å². The largest absolute Gasteiger partial charge is 0.351 e. The Bertz CT molecular complexity index is 833. The molecule has 2 aromatic heterocycles. The van der Waals surface area contributed by atoms with Crippen LogP contribution in [0.5, 0.6) is 0 Å². The number of anilines is 1. The maximum atomic E-state index is 13.0. The minimum Gasteiger partial charge on any atom is -0.351 e. The first-order valence-corrected chi connectivity index (χ1v) is 10.4. The summed E-state index contributed by atoms with van der Waals surface area (Å²) in [4.78, 5) is 21.9. The van der Waals surface area contributed by atoms with E-state index < -0.39 is 0 Å². The summed E-state index contributed by atoms with van der Waals surface area (Å²) >= 11 is 0. The van der Waals surface area contributed by atoms with Crippen molar-refractivity contribution in [2.75, 3.05) is 24.5 Å². The van der Waals surface area contributed by atoms with Gasteiger partial charge in [-0.1, -0.05) is 12.8 Å². The molecule has 1 amide bonds. The van der Waals surface area contributed by atoms with Crippen LogP contribution in [0, 0.1) is 0 Å². The number of pyridine rings is 1. The van der Waals surface area contributed by atoms with E-state index in [0.717, 1.165) is 56.8 Å². The molecule has 0 aromatic carbocycles. The van der Waals surface area contributed by atoms with Gasteiger partial charge in [-0.2, -0.15) is 5.10 Å². The second-order valence-electron chi connectivity index (χ2n) is 8.09. The van der Waals surface area contributed by atoms with Gasteiger partial charge in [0.2, 0.25) is 0 Å². The standard InChI is InChI=1S/C21H27N5O/c27-21(25-11-3-4-12-25)16-8-5-10-22-20(16)26-13-9-18-17(14-26)19(24-23-18)15-6-1-2-7-15/h5,8,10,15H,1-4,6-7,9,11-14H2,(H,23,24). The Labute approximate surface area is 160 Å². The number of hydrogen-bond acceptors (Lipinski definition) is 4. The Morgan fingerprint density at radius 2 is 1.93 bits per heavy atom. The Morgan fingerprint density at radius 1 is 1.11 bits per heavy atom. The zero-order valence-corrected chi connectivity index (χ0v) is 15.8. The Morgan fingerprint density at radius 3 is 2.74 bits per heavy atom. The summed E-state index contributed by atoms with van der Waals surface area (Å²) in [6.07, 6.45) is 10.1. The first-order chi connectivity index (χ1) is 13.3. The third kappa shape index (κ3) is 3.01. The number of aromatic amines is 1. The molecule has 2 aliphatic heterocycles. The van der Waals surface area contributed by atoms with E-state index in [2.05, 4.69) is 20.1 Å². The number of amides is 1. The molecule has 1 saturated carbocycles. The number of nitrogens with one attached hydrogen (secondary N) is 1. The van der Waals surface area contributed by atoms with Crippen molar-refractivity contribution < 1.29 is 4.79 Å². The van der Waals surface area contributed by atoms with Gasteiger partial charge in [0.05, 0.1) is 11.3 Å². The van der Waals surface area contributed by atoms with Crippen molar-refractivity contribution >= 4 is 11.7 Å². The molecule has 1 aliphatic carbocycles. The summed E-state index contributed by atoms with van der Waals surface area (Å²) in [5, 5.41) is 7.97. The first kappa shape index (κ1) is 16.8. The molecular weight excluding hydrogens is 338 g/mol. The average Bonchev–Trinajstić information content (AvgIpc) is 3.48. The van der Waals surface area contributed by atoms with Gasteiger partial charge in [0.1, 0.15) is 5.82 Å². The van der Waals surface area contributed by atoms with Gasteiger partial charge in [0.25, 0.3) is 5.91 Å². The summed E-state index contributed by atoms with van der Waals surface area (Å²) in [6, 6.07) is 3.82. The van der Waals surface area contributed by atoms with Crippen molar-refractivity contribution in [2.45, 2.75) is 57.4 Å². The highest BCUT2D eigenvalue weighted by Crippen LogP contribution is 2.37. The number of aromatic nitrogens is 3.